The van der Waals surface area contributed by atoms with Gasteiger partial charge in [0, 0.05) is 23.5 Å². The average molecular weight is 254 g/mol. The van der Waals surface area contributed by atoms with E-state index in [0.29, 0.717) is 6.54 Å². The van der Waals surface area contributed by atoms with E-state index >= 15 is 0 Å². The maximum atomic E-state index is 10.4. The van der Waals surface area contributed by atoms with Crippen molar-refractivity contribution < 1.29 is 9.90 Å². The van der Waals surface area contributed by atoms with Gasteiger partial charge in [-0.3, -0.25) is 4.79 Å². The second-order valence-electron chi connectivity index (χ2n) is 4.61. The first-order chi connectivity index (χ1) is 8.12. The molecule has 1 fully saturated rings. The third kappa shape index (κ3) is 3.20. The number of carboxylic acids is 1. The van der Waals surface area contributed by atoms with Gasteiger partial charge in [0.25, 0.3) is 0 Å². The maximum absolute atomic E-state index is 10.4. The maximum Gasteiger partial charge on any atom is 0.304 e. The van der Waals surface area contributed by atoms with Crippen LogP contribution in [0.25, 0.3) is 0 Å². The van der Waals surface area contributed by atoms with Crippen molar-refractivity contribution in [3.63, 3.8) is 0 Å². The normalized spacial score (nSPS) is 16.8. The van der Waals surface area contributed by atoms with E-state index in [4.69, 9.17) is 16.7 Å². The van der Waals surface area contributed by atoms with Gasteiger partial charge in [0.1, 0.15) is 0 Å². The number of carbonyl (C=O) groups is 1. The summed E-state index contributed by atoms with van der Waals surface area (Å²) in [5.41, 5.74) is 1.44. The average Bonchev–Trinajstić information content (AvgIpc) is 3.05. The molecule has 92 valence electrons. The molecule has 17 heavy (non-hydrogen) atoms. The van der Waals surface area contributed by atoms with E-state index in [1.54, 1.807) is 0 Å². The van der Waals surface area contributed by atoms with Gasteiger partial charge in [0.05, 0.1) is 6.42 Å². The molecule has 3 nitrogen and oxygen atoms in total. The highest BCUT2D eigenvalue weighted by Gasteiger charge is 2.43. The first kappa shape index (κ1) is 12.4. The molecular weight excluding hydrogens is 238 g/mol. The number of rotatable bonds is 6. The summed E-state index contributed by atoms with van der Waals surface area (Å²) in [5, 5.41) is 12.5. The molecule has 1 aromatic carbocycles. The second kappa shape index (κ2) is 5.07. The molecule has 0 saturated heterocycles. The van der Waals surface area contributed by atoms with Crippen molar-refractivity contribution >= 4 is 17.6 Å². The minimum Gasteiger partial charge on any atom is -0.481 e. The summed E-state index contributed by atoms with van der Waals surface area (Å²) >= 11 is 5.98. The zero-order valence-electron chi connectivity index (χ0n) is 9.58. The van der Waals surface area contributed by atoms with Crippen LogP contribution in [0.2, 0.25) is 5.02 Å². The molecule has 1 saturated carbocycles. The van der Waals surface area contributed by atoms with E-state index in [9.17, 15) is 4.79 Å². The molecule has 0 radical (unpaired) electrons. The molecule has 4 heteroatoms. The van der Waals surface area contributed by atoms with Gasteiger partial charge in [0.15, 0.2) is 0 Å². The van der Waals surface area contributed by atoms with Gasteiger partial charge in [-0.15, -0.1) is 0 Å². The van der Waals surface area contributed by atoms with Crippen LogP contribution in [0.5, 0.6) is 0 Å². The third-order valence-corrected chi connectivity index (χ3v) is 3.50. The van der Waals surface area contributed by atoms with Gasteiger partial charge in [0.2, 0.25) is 0 Å². The summed E-state index contributed by atoms with van der Waals surface area (Å²) in [5.74, 6) is -0.759. The van der Waals surface area contributed by atoms with Gasteiger partial charge < -0.3 is 10.4 Å². The predicted octanol–water partition coefficient (Wildman–Crippen LogP) is 2.44. The van der Waals surface area contributed by atoms with Crippen LogP contribution in [0.4, 0.5) is 0 Å². The summed E-state index contributed by atoms with van der Waals surface area (Å²) in [6.45, 7) is 1.36. The lowest BCUT2D eigenvalue weighted by molar-refractivity contribution is -0.136. The standard InChI is InChI=1S/C13H16ClNO2/c14-11-3-1-2-10(8-11)13(5-6-13)9-15-7-4-12(16)17/h1-3,8,15H,4-7,9H2,(H,16,17). The molecule has 0 aromatic heterocycles. The van der Waals surface area contributed by atoms with Crippen LogP contribution in [-0.4, -0.2) is 24.2 Å². The molecule has 0 bridgehead atoms. The lowest BCUT2D eigenvalue weighted by Crippen LogP contribution is -2.28. The largest absolute Gasteiger partial charge is 0.481 e. The van der Waals surface area contributed by atoms with E-state index in [0.717, 1.165) is 24.4 Å². The zero-order valence-corrected chi connectivity index (χ0v) is 10.3. The Morgan fingerprint density at radius 1 is 1.47 bits per heavy atom. The SMILES string of the molecule is O=C(O)CCNCC1(c2cccc(Cl)c2)CC1. The van der Waals surface area contributed by atoms with Crippen LogP contribution in [0.15, 0.2) is 24.3 Å². The van der Waals surface area contributed by atoms with E-state index in [1.165, 1.54) is 5.56 Å². The third-order valence-electron chi connectivity index (χ3n) is 3.27. The van der Waals surface area contributed by atoms with Crippen LogP contribution < -0.4 is 5.32 Å². The molecule has 0 unspecified atom stereocenters. The fourth-order valence-corrected chi connectivity index (χ4v) is 2.25. The number of hydrogen-bond acceptors (Lipinski definition) is 2. The van der Waals surface area contributed by atoms with Crippen molar-refractivity contribution in [2.75, 3.05) is 13.1 Å². The summed E-state index contributed by atoms with van der Waals surface area (Å²) in [6.07, 6.45) is 2.46. The number of hydrogen-bond donors (Lipinski definition) is 2. The van der Waals surface area contributed by atoms with Crippen molar-refractivity contribution in [3.8, 4) is 0 Å². The lowest BCUT2D eigenvalue weighted by atomic mass is 9.96. The van der Waals surface area contributed by atoms with Gasteiger partial charge >= 0.3 is 5.97 Å². The lowest BCUT2D eigenvalue weighted by Gasteiger charge is -2.16. The Bertz CT molecular complexity index is 416. The highest BCUT2D eigenvalue weighted by molar-refractivity contribution is 6.30. The van der Waals surface area contributed by atoms with Crippen molar-refractivity contribution in [1.29, 1.82) is 0 Å². The Kier molecular flexibility index (Phi) is 3.69. The molecule has 1 aliphatic rings. The Labute approximate surface area is 106 Å². The van der Waals surface area contributed by atoms with Gasteiger partial charge in [-0.25, -0.2) is 0 Å². The van der Waals surface area contributed by atoms with E-state index < -0.39 is 5.97 Å². The Morgan fingerprint density at radius 3 is 2.82 bits per heavy atom. The van der Waals surface area contributed by atoms with Gasteiger partial charge in [-0.2, -0.15) is 0 Å². The fourth-order valence-electron chi connectivity index (χ4n) is 2.06. The number of carboxylic acid groups (broad SMARTS) is 1. The molecule has 0 aliphatic heterocycles. The monoisotopic (exact) mass is 253 g/mol. The van der Waals surface area contributed by atoms with Crippen LogP contribution in [-0.2, 0) is 10.2 Å². The van der Waals surface area contributed by atoms with E-state index in [2.05, 4.69) is 11.4 Å². The molecule has 2 N–H and O–H groups in total. The second-order valence-corrected chi connectivity index (χ2v) is 5.05. The quantitative estimate of drug-likeness (QED) is 0.766. The summed E-state index contributed by atoms with van der Waals surface area (Å²) in [6, 6.07) is 7.94. The molecule has 0 atom stereocenters. The van der Waals surface area contributed by atoms with Crippen molar-refractivity contribution in [3.05, 3.63) is 34.9 Å². The molecular formula is C13H16ClNO2. The first-order valence-corrected chi connectivity index (χ1v) is 6.19. The van der Waals surface area contributed by atoms with Crippen molar-refractivity contribution in [2.24, 2.45) is 0 Å². The van der Waals surface area contributed by atoms with Gasteiger partial charge in [-0.05, 0) is 30.5 Å². The van der Waals surface area contributed by atoms with E-state index in [-0.39, 0.29) is 11.8 Å². The minimum atomic E-state index is -0.759. The smallest absolute Gasteiger partial charge is 0.304 e. The van der Waals surface area contributed by atoms with Crippen molar-refractivity contribution in [2.45, 2.75) is 24.7 Å². The van der Waals surface area contributed by atoms with Crippen LogP contribution in [0.1, 0.15) is 24.8 Å². The van der Waals surface area contributed by atoms with E-state index in [1.807, 2.05) is 18.2 Å². The minimum absolute atomic E-state index is 0.172. The molecule has 2 rings (SSSR count). The Morgan fingerprint density at radius 2 is 2.24 bits per heavy atom. The Balaban J connectivity index is 1.89. The molecule has 1 aliphatic carbocycles. The summed E-state index contributed by atoms with van der Waals surface area (Å²) in [7, 11) is 0. The molecule has 0 spiro atoms. The fraction of sp³-hybridized carbons (Fsp3) is 0.462. The molecule has 1 aromatic rings. The van der Waals surface area contributed by atoms with Crippen LogP contribution in [0.3, 0.4) is 0 Å². The highest BCUT2D eigenvalue weighted by atomic mass is 35.5. The van der Waals surface area contributed by atoms with Crippen molar-refractivity contribution in [1.82, 2.24) is 5.32 Å². The summed E-state index contributed by atoms with van der Waals surface area (Å²) in [4.78, 5) is 10.4. The zero-order chi connectivity index (χ0) is 12.3. The predicted molar refractivity (Wildman–Crippen MR) is 67.5 cm³/mol. The van der Waals surface area contributed by atoms with Crippen LogP contribution in [0, 0.1) is 0 Å². The first-order valence-electron chi connectivity index (χ1n) is 5.81. The van der Waals surface area contributed by atoms with Crippen LogP contribution >= 0.6 is 11.6 Å². The summed E-state index contributed by atoms with van der Waals surface area (Å²) < 4.78 is 0. The van der Waals surface area contributed by atoms with Gasteiger partial charge in [-0.1, -0.05) is 23.7 Å². The Hall–Kier alpha value is -1.06. The number of halogens is 1. The topological polar surface area (TPSA) is 49.3 Å². The number of nitrogens with one attached hydrogen (secondary N) is 1. The highest BCUT2D eigenvalue weighted by Crippen LogP contribution is 2.48. The number of benzene rings is 1. The molecule has 0 amide bonds. The number of aliphatic carboxylic acids is 1. The molecule has 0 heterocycles.